The molecule has 0 spiro atoms. The molecule has 2 heterocycles. The van der Waals surface area contributed by atoms with Crippen LogP contribution in [0.1, 0.15) is 45.1 Å². The first-order chi connectivity index (χ1) is 12.4. The molecule has 144 valence electrons. The van der Waals surface area contributed by atoms with Crippen molar-refractivity contribution in [3.8, 4) is 0 Å². The van der Waals surface area contributed by atoms with E-state index in [0.29, 0.717) is 31.0 Å². The number of β-amino-alcohol motifs (C(OH)–C–C–N with tert-alkyl or cyclic N) is 1. The van der Waals surface area contributed by atoms with Gasteiger partial charge in [-0.3, -0.25) is 9.69 Å². The molecule has 1 atom stereocenters. The molecule has 1 unspecified atom stereocenters. The molecule has 2 aliphatic heterocycles. The molecule has 2 fully saturated rings. The highest BCUT2D eigenvalue weighted by Crippen LogP contribution is 2.29. The van der Waals surface area contributed by atoms with Gasteiger partial charge in [-0.15, -0.1) is 0 Å². The lowest BCUT2D eigenvalue weighted by Crippen LogP contribution is -2.59. The standard InChI is InChI=1S/C21H31FN2O2/c1-16(2)17-8-12-23(13-9-17)15-21(26)10-5-11-24(20(21)25)14-18-6-3-4-7-19(18)22/h3-4,6-7,16-17,26H,5,8-15H2,1-2H3. The monoisotopic (exact) mass is 362 g/mol. The van der Waals surface area contributed by atoms with E-state index >= 15 is 0 Å². The van der Waals surface area contributed by atoms with E-state index in [1.807, 2.05) is 0 Å². The van der Waals surface area contributed by atoms with Crippen LogP contribution in [0.25, 0.3) is 0 Å². The lowest BCUT2D eigenvalue weighted by molar-refractivity contribution is -0.160. The lowest BCUT2D eigenvalue weighted by atomic mass is 9.85. The van der Waals surface area contributed by atoms with Crippen molar-refractivity contribution in [1.29, 1.82) is 0 Å². The number of piperidine rings is 2. The number of likely N-dealkylation sites (tertiary alicyclic amines) is 2. The van der Waals surface area contributed by atoms with Gasteiger partial charge in [-0.25, -0.2) is 4.39 Å². The largest absolute Gasteiger partial charge is 0.379 e. The van der Waals surface area contributed by atoms with Gasteiger partial charge in [-0.05, 0) is 56.7 Å². The highest BCUT2D eigenvalue weighted by Gasteiger charge is 2.43. The molecule has 0 aromatic heterocycles. The van der Waals surface area contributed by atoms with Crippen LogP contribution in [0.4, 0.5) is 4.39 Å². The van der Waals surface area contributed by atoms with Gasteiger partial charge in [-0.1, -0.05) is 32.0 Å². The molecular weight excluding hydrogens is 331 g/mol. The smallest absolute Gasteiger partial charge is 0.256 e. The van der Waals surface area contributed by atoms with E-state index in [4.69, 9.17) is 0 Å². The fourth-order valence-electron chi connectivity index (χ4n) is 4.34. The Labute approximate surface area is 156 Å². The second-order valence-electron chi connectivity index (χ2n) is 8.31. The van der Waals surface area contributed by atoms with Crippen LogP contribution in [0.5, 0.6) is 0 Å². The normalized spacial score (nSPS) is 25.9. The second kappa shape index (κ2) is 8.05. The first-order valence-corrected chi connectivity index (χ1v) is 9.86. The van der Waals surface area contributed by atoms with Gasteiger partial charge in [0.1, 0.15) is 5.82 Å². The maximum Gasteiger partial charge on any atom is 0.256 e. The first kappa shape index (κ1) is 19.3. The molecule has 0 radical (unpaired) electrons. The third-order valence-electron chi connectivity index (χ3n) is 6.08. The number of carbonyl (C=O) groups is 1. The predicted molar refractivity (Wildman–Crippen MR) is 100 cm³/mol. The number of nitrogens with zero attached hydrogens (tertiary/aromatic N) is 2. The number of rotatable bonds is 5. The van der Waals surface area contributed by atoms with E-state index in [1.165, 1.54) is 6.07 Å². The van der Waals surface area contributed by atoms with Crippen LogP contribution in [0.3, 0.4) is 0 Å². The molecule has 1 aromatic rings. The third-order valence-corrected chi connectivity index (χ3v) is 6.08. The Morgan fingerprint density at radius 2 is 1.92 bits per heavy atom. The average Bonchev–Trinajstić information content (AvgIpc) is 2.61. The number of hydrogen-bond acceptors (Lipinski definition) is 3. The van der Waals surface area contributed by atoms with Gasteiger partial charge in [0.15, 0.2) is 5.60 Å². The van der Waals surface area contributed by atoms with Crippen LogP contribution >= 0.6 is 0 Å². The van der Waals surface area contributed by atoms with Crippen molar-refractivity contribution >= 4 is 5.91 Å². The molecule has 0 bridgehead atoms. The van der Waals surface area contributed by atoms with Crippen molar-refractivity contribution in [2.24, 2.45) is 11.8 Å². The molecule has 2 aliphatic rings. The summed E-state index contributed by atoms with van der Waals surface area (Å²) in [6.07, 6.45) is 3.49. The lowest BCUT2D eigenvalue weighted by Gasteiger charge is -2.43. The van der Waals surface area contributed by atoms with Crippen molar-refractivity contribution in [2.45, 2.75) is 51.7 Å². The van der Waals surface area contributed by atoms with Crippen LogP contribution in [0.2, 0.25) is 0 Å². The Kier molecular flexibility index (Phi) is 5.98. The highest BCUT2D eigenvalue weighted by molar-refractivity contribution is 5.86. The van der Waals surface area contributed by atoms with Crippen molar-refractivity contribution < 1.29 is 14.3 Å². The zero-order valence-electron chi connectivity index (χ0n) is 16.0. The van der Waals surface area contributed by atoms with Gasteiger partial charge < -0.3 is 10.0 Å². The van der Waals surface area contributed by atoms with Crippen molar-refractivity contribution in [3.63, 3.8) is 0 Å². The molecule has 1 amide bonds. The van der Waals surface area contributed by atoms with Crippen molar-refractivity contribution in [3.05, 3.63) is 35.6 Å². The summed E-state index contributed by atoms with van der Waals surface area (Å²) < 4.78 is 13.9. The Hall–Kier alpha value is -1.46. The summed E-state index contributed by atoms with van der Waals surface area (Å²) >= 11 is 0. The Morgan fingerprint density at radius 1 is 1.23 bits per heavy atom. The van der Waals surface area contributed by atoms with Gasteiger partial charge >= 0.3 is 0 Å². The maximum absolute atomic E-state index is 13.9. The molecule has 1 aromatic carbocycles. The topological polar surface area (TPSA) is 43.8 Å². The average molecular weight is 362 g/mol. The van der Waals surface area contributed by atoms with E-state index in [9.17, 15) is 14.3 Å². The van der Waals surface area contributed by atoms with Gasteiger partial charge in [0, 0.05) is 25.2 Å². The van der Waals surface area contributed by atoms with E-state index < -0.39 is 5.60 Å². The predicted octanol–water partition coefficient (Wildman–Crippen LogP) is 3.05. The quantitative estimate of drug-likeness (QED) is 0.876. The maximum atomic E-state index is 13.9. The molecule has 5 heteroatoms. The number of benzene rings is 1. The molecule has 1 N–H and O–H groups in total. The minimum absolute atomic E-state index is 0.225. The Balaban J connectivity index is 1.62. The molecule has 3 rings (SSSR count). The van der Waals surface area contributed by atoms with E-state index in [1.54, 1.807) is 23.1 Å². The zero-order chi connectivity index (χ0) is 18.7. The first-order valence-electron chi connectivity index (χ1n) is 9.86. The van der Waals surface area contributed by atoms with E-state index in [2.05, 4.69) is 18.7 Å². The Bertz CT molecular complexity index is 628. The van der Waals surface area contributed by atoms with Gasteiger partial charge in [0.2, 0.25) is 0 Å². The Morgan fingerprint density at radius 3 is 2.58 bits per heavy atom. The van der Waals surface area contributed by atoms with Crippen molar-refractivity contribution in [1.82, 2.24) is 9.80 Å². The number of halogens is 1. The van der Waals surface area contributed by atoms with Crippen molar-refractivity contribution in [2.75, 3.05) is 26.2 Å². The SMILES string of the molecule is CC(C)C1CCN(CC2(O)CCCN(Cc3ccccc3F)C2=O)CC1. The molecule has 0 aliphatic carbocycles. The third kappa shape index (κ3) is 4.26. The van der Waals surface area contributed by atoms with Crippen LogP contribution in [0.15, 0.2) is 24.3 Å². The van der Waals surface area contributed by atoms with Gasteiger partial charge in [0.05, 0.1) is 0 Å². The van der Waals surface area contributed by atoms with Crippen LogP contribution in [-0.4, -0.2) is 52.6 Å². The summed E-state index contributed by atoms with van der Waals surface area (Å²) in [6, 6.07) is 6.54. The molecule has 0 saturated carbocycles. The molecular formula is C21H31FN2O2. The highest BCUT2D eigenvalue weighted by atomic mass is 19.1. The van der Waals surface area contributed by atoms with Gasteiger partial charge in [-0.2, -0.15) is 0 Å². The van der Waals surface area contributed by atoms with Crippen LogP contribution < -0.4 is 0 Å². The summed E-state index contributed by atoms with van der Waals surface area (Å²) in [6.45, 7) is 7.59. The molecule has 2 saturated heterocycles. The van der Waals surface area contributed by atoms with E-state index in [0.717, 1.165) is 38.3 Å². The summed E-state index contributed by atoms with van der Waals surface area (Å²) in [5.41, 5.74) is -0.836. The number of amides is 1. The summed E-state index contributed by atoms with van der Waals surface area (Å²) in [4.78, 5) is 16.8. The fourth-order valence-corrected chi connectivity index (χ4v) is 4.34. The summed E-state index contributed by atoms with van der Waals surface area (Å²) in [7, 11) is 0. The number of aliphatic hydroxyl groups is 1. The van der Waals surface area contributed by atoms with Crippen LogP contribution in [0, 0.1) is 17.7 Å². The zero-order valence-corrected chi connectivity index (χ0v) is 16.0. The van der Waals surface area contributed by atoms with Gasteiger partial charge in [0.25, 0.3) is 5.91 Å². The molecule has 26 heavy (non-hydrogen) atoms. The summed E-state index contributed by atoms with van der Waals surface area (Å²) in [5, 5.41) is 11.1. The molecule has 4 nitrogen and oxygen atoms in total. The minimum atomic E-state index is -1.34. The summed E-state index contributed by atoms with van der Waals surface area (Å²) in [5.74, 6) is 0.872. The van der Waals surface area contributed by atoms with Crippen LogP contribution in [-0.2, 0) is 11.3 Å². The fraction of sp³-hybridized carbons (Fsp3) is 0.667. The number of hydrogen-bond donors (Lipinski definition) is 1. The van der Waals surface area contributed by atoms with E-state index in [-0.39, 0.29) is 18.3 Å². The second-order valence-corrected chi connectivity index (χ2v) is 8.31. The minimum Gasteiger partial charge on any atom is -0.379 e. The number of carbonyl (C=O) groups excluding carboxylic acids is 1.